The lowest BCUT2D eigenvalue weighted by atomic mass is 10.1. The van der Waals surface area contributed by atoms with Crippen LogP contribution in [-0.4, -0.2) is 20.6 Å². The SMILES string of the molecule is Cc1cc(Br)c(C)c(NC=C(C#N)c2nn[nH]n2)c1. The number of rotatable bonds is 3. The predicted octanol–water partition coefficient (Wildman–Crippen LogP) is 2.56. The second-order valence-corrected chi connectivity index (χ2v) is 4.82. The van der Waals surface area contributed by atoms with Gasteiger partial charge in [0.25, 0.3) is 0 Å². The van der Waals surface area contributed by atoms with Crippen LogP contribution < -0.4 is 5.32 Å². The van der Waals surface area contributed by atoms with Gasteiger partial charge in [0.15, 0.2) is 0 Å². The first-order valence-corrected chi connectivity index (χ1v) is 6.28. The number of aromatic nitrogens is 4. The molecule has 0 aliphatic rings. The number of H-pyrrole nitrogens is 1. The Bertz CT molecular complexity index is 654. The maximum Gasteiger partial charge on any atom is 0.216 e. The molecule has 0 spiro atoms. The molecule has 2 N–H and O–H groups in total. The largest absolute Gasteiger partial charge is 0.360 e. The molecule has 0 aliphatic carbocycles. The zero-order valence-electron chi connectivity index (χ0n) is 10.4. The standard InChI is InChI=1S/C12H11BrN6/c1-7-3-10(13)8(2)11(4-7)15-6-9(5-14)12-16-18-19-17-12/h3-4,6,15H,1-2H3,(H,16,17,18,19). The molecule has 96 valence electrons. The van der Waals surface area contributed by atoms with Crippen molar-refractivity contribution >= 4 is 27.2 Å². The van der Waals surface area contributed by atoms with Gasteiger partial charge in [-0.25, -0.2) is 0 Å². The van der Waals surface area contributed by atoms with Gasteiger partial charge < -0.3 is 5.32 Å². The maximum atomic E-state index is 9.07. The molecule has 0 bridgehead atoms. The molecule has 19 heavy (non-hydrogen) atoms. The van der Waals surface area contributed by atoms with E-state index in [0.29, 0.717) is 5.57 Å². The van der Waals surface area contributed by atoms with E-state index in [4.69, 9.17) is 5.26 Å². The number of tetrazole rings is 1. The zero-order chi connectivity index (χ0) is 13.8. The molecular formula is C12H11BrN6. The van der Waals surface area contributed by atoms with Crippen LogP contribution in [0.2, 0.25) is 0 Å². The first-order chi connectivity index (χ1) is 9.11. The Morgan fingerprint density at radius 2 is 2.26 bits per heavy atom. The lowest BCUT2D eigenvalue weighted by molar-refractivity contribution is 0.881. The van der Waals surface area contributed by atoms with Crippen molar-refractivity contribution in [3.63, 3.8) is 0 Å². The topological polar surface area (TPSA) is 90.3 Å². The van der Waals surface area contributed by atoms with Crippen molar-refractivity contribution in [1.29, 1.82) is 5.26 Å². The summed E-state index contributed by atoms with van der Waals surface area (Å²) in [5.74, 6) is 0.263. The Hall–Kier alpha value is -2.20. The number of hydrogen-bond donors (Lipinski definition) is 2. The number of aryl methyl sites for hydroxylation is 1. The van der Waals surface area contributed by atoms with Crippen molar-refractivity contribution in [3.05, 3.63) is 39.8 Å². The van der Waals surface area contributed by atoms with Gasteiger partial charge in [0.05, 0.1) is 0 Å². The third kappa shape index (κ3) is 2.98. The van der Waals surface area contributed by atoms with Crippen LogP contribution in [0.5, 0.6) is 0 Å². The number of aromatic amines is 1. The summed E-state index contributed by atoms with van der Waals surface area (Å²) in [7, 11) is 0. The van der Waals surface area contributed by atoms with Crippen molar-refractivity contribution in [2.75, 3.05) is 5.32 Å². The molecule has 2 aromatic rings. The lowest BCUT2D eigenvalue weighted by Gasteiger charge is -2.09. The Morgan fingerprint density at radius 3 is 2.89 bits per heavy atom. The van der Waals surface area contributed by atoms with Crippen LogP contribution in [0.1, 0.15) is 17.0 Å². The van der Waals surface area contributed by atoms with Gasteiger partial charge >= 0.3 is 0 Å². The summed E-state index contributed by atoms with van der Waals surface area (Å²) in [6.45, 7) is 3.99. The second kappa shape index (κ2) is 5.63. The Labute approximate surface area is 118 Å². The van der Waals surface area contributed by atoms with Crippen LogP contribution in [-0.2, 0) is 0 Å². The van der Waals surface area contributed by atoms with Crippen LogP contribution >= 0.6 is 15.9 Å². The van der Waals surface area contributed by atoms with Crippen molar-refractivity contribution < 1.29 is 0 Å². The van der Waals surface area contributed by atoms with E-state index >= 15 is 0 Å². The summed E-state index contributed by atoms with van der Waals surface area (Å²) >= 11 is 3.49. The van der Waals surface area contributed by atoms with Crippen molar-refractivity contribution in [2.45, 2.75) is 13.8 Å². The van der Waals surface area contributed by atoms with Crippen molar-refractivity contribution in [3.8, 4) is 6.07 Å². The number of nitrogens with zero attached hydrogens (tertiary/aromatic N) is 4. The third-order valence-electron chi connectivity index (χ3n) is 2.57. The van der Waals surface area contributed by atoms with Crippen LogP contribution in [0.3, 0.4) is 0 Å². The van der Waals surface area contributed by atoms with Gasteiger partial charge in [-0.3, -0.25) is 0 Å². The molecule has 1 aromatic carbocycles. The van der Waals surface area contributed by atoms with E-state index in [9.17, 15) is 0 Å². The highest BCUT2D eigenvalue weighted by atomic mass is 79.9. The average Bonchev–Trinajstić information content (AvgIpc) is 2.89. The molecule has 0 atom stereocenters. The quantitative estimate of drug-likeness (QED) is 0.849. The molecular weight excluding hydrogens is 308 g/mol. The first-order valence-electron chi connectivity index (χ1n) is 5.49. The number of hydrogen-bond acceptors (Lipinski definition) is 5. The summed E-state index contributed by atoms with van der Waals surface area (Å²) in [5.41, 5.74) is 3.41. The molecule has 7 heteroatoms. The van der Waals surface area contributed by atoms with E-state index in [-0.39, 0.29) is 5.82 Å². The van der Waals surface area contributed by atoms with Gasteiger partial charge in [0.1, 0.15) is 11.6 Å². The smallest absolute Gasteiger partial charge is 0.216 e. The molecule has 1 aromatic heterocycles. The fraction of sp³-hybridized carbons (Fsp3) is 0.167. The molecule has 0 amide bonds. The number of halogens is 1. The van der Waals surface area contributed by atoms with Crippen LogP contribution in [0.4, 0.5) is 5.69 Å². The van der Waals surface area contributed by atoms with Crippen LogP contribution in [0.15, 0.2) is 22.8 Å². The third-order valence-corrected chi connectivity index (χ3v) is 3.39. The fourth-order valence-electron chi connectivity index (χ4n) is 1.54. The number of nitrogens with one attached hydrogen (secondary N) is 2. The Kier molecular flexibility index (Phi) is 3.92. The molecule has 6 nitrogen and oxygen atoms in total. The summed E-state index contributed by atoms with van der Waals surface area (Å²) in [4.78, 5) is 0. The summed E-state index contributed by atoms with van der Waals surface area (Å²) < 4.78 is 1.02. The van der Waals surface area contributed by atoms with Gasteiger partial charge in [-0.1, -0.05) is 15.9 Å². The van der Waals surface area contributed by atoms with Crippen molar-refractivity contribution in [1.82, 2.24) is 20.6 Å². The van der Waals surface area contributed by atoms with E-state index in [1.165, 1.54) is 0 Å². The second-order valence-electron chi connectivity index (χ2n) is 3.97. The monoisotopic (exact) mass is 318 g/mol. The van der Waals surface area contributed by atoms with Gasteiger partial charge in [-0.05, 0) is 42.3 Å². The molecule has 2 rings (SSSR count). The predicted molar refractivity (Wildman–Crippen MR) is 75.0 cm³/mol. The van der Waals surface area contributed by atoms with E-state index in [2.05, 4.69) is 41.9 Å². The number of benzene rings is 1. The summed E-state index contributed by atoms with van der Waals surface area (Å²) in [6, 6.07) is 6.06. The van der Waals surface area contributed by atoms with Gasteiger partial charge in [0.2, 0.25) is 5.82 Å². The highest BCUT2D eigenvalue weighted by molar-refractivity contribution is 9.10. The van der Waals surface area contributed by atoms with Gasteiger partial charge in [-0.15, -0.1) is 10.2 Å². The van der Waals surface area contributed by atoms with E-state index in [1.54, 1.807) is 6.20 Å². The minimum absolute atomic E-state index is 0.263. The molecule has 1 heterocycles. The minimum Gasteiger partial charge on any atom is -0.360 e. The number of allylic oxidation sites excluding steroid dienone is 1. The molecule has 0 fully saturated rings. The normalized spacial score (nSPS) is 11.2. The number of nitriles is 1. The maximum absolute atomic E-state index is 9.07. The van der Waals surface area contributed by atoms with E-state index in [1.807, 2.05) is 32.0 Å². The van der Waals surface area contributed by atoms with E-state index < -0.39 is 0 Å². The zero-order valence-corrected chi connectivity index (χ0v) is 12.0. The average molecular weight is 319 g/mol. The molecule has 0 radical (unpaired) electrons. The molecule has 0 aliphatic heterocycles. The highest BCUT2D eigenvalue weighted by Gasteiger charge is 2.07. The van der Waals surface area contributed by atoms with Crippen LogP contribution in [0.25, 0.3) is 5.57 Å². The van der Waals surface area contributed by atoms with Gasteiger partial charge in [0, 0.05) is 16.4 Å². The molecule has 0 saturated carbocycles. The van der Waals surface area contributed by atoms with Crippen LogP contribution in [0, 0.1) is 25.2 Å². The van der Waals surface area contributed by atoms with Crippen molar-refractivity contribution in [2.24, 2.45) is 0 Å². The Balaban J connectivity index is 2.30. The Morgan fingerprint density at radius 1 is 1.47 bits per heavy atom. The molecule has 0 unspecified atom stereocenters. The highest BCUT2D eigenvalue weighted by Crippen LogP contribution is 2.26. The van der Waals surface area contributed by atoms with Gasteiger partial charge in [-0.2, -0.15) is 10.5 Å². The summed E-state index contributed by atoms with van der Waals surface area (Å²) in [6.07, 6.45) is 1.57. The number of anilines is 1. The minimum atomic E-state index is 0.263. The summed E-state index contributed by atoms with van der Waals surface area (Å²) in [5, 5.41) is 25.4. The molecule has 0 saturated heterocycles. The fourth-order valence-corrected chi connectivity index (χ4v) is 2.11. The lowest BCUT2D eigenvalue weighted by Crippen LogP contribution is -1.96. The first kappa shape index (κ1) is 13.2. The van der Waals surface area contributed by atoms with E-state index in [0.717, 1.165) is 21.3 Å².